The molecule has 1 fully saturated rings. The first-order valence-electron chi connectivity index (χ1n) is 6.55. The summed E-state index contributed by atoms with van der Waals surface area (Å²) in [5.41, 5.74) is 0. The van der Waals surface area contributed by atoms with E-state index in [1.165, 1.54) is 13.0 Å². The highest BCUT2D eigenvalue weighted by Crippen LogP contribution is 2.16. The summed E-state index contributed by atoms with van der Waals surface area (Å²) in [4.78, 5) is 14.1. The molecule has 0 aliphatic carbocycles. The first-order chi connectivity index (χ1) is 7.52. The number of rotatable bonds is 4. The van der Waals surface area contributed by atoms with Gasteiger partial charge in [0.25, 0.3) is 0 Å². The van der Waals surface area contributed by atoms with E-state index >= 15 is 0 Å². The molecular weight excluding hydrogens is 200 g/mol. The number of nitrogens with zero attached hydrogens (tertiary/aromatic N) is 1. The van der Waals surface area contributed by atoms with Crippen molar-refractivity contribution in [1.82, 2.24) is 10.2 Å². The van der Waals surface area contributed by atoms with E-state index in [9.17, 15) is 4.79 Å². The van der Waals surface area contributed by atoms with Gasteiger partial charge in [0.05, 0.1) is 0 Å². The monoisotopic (exact) mass is 226 g/mol. The van der Waals surface area contributed by atoms with Crippen molar-refractivity contribution >= 4 is 5.91 Å². The van der Waals surface area contributed by atoms with Gasteiger partial charge in [-0.15, -0.1) is 0 Å². The van der Waals surface area contributed by atoms with Crippen LogP contribution in [0, 0.1) is 11.8 Å². The molecule has 1 aliphatic rings. The quantitative estimate of drug-likeness (QED) is 0.794. The smallest absolute Gasteiger partial charge is 0.222 e. The van der Waals surface area contributed by atoms with Crippen molar-refractivity contribution < 1.29 is 4.79 Å². The van der Waals surface area contributed by atoms with Crippen molar-refractivity contribution in [3.63, 3.8) is 0 Å². The second kappa shape index (κ2) is 6.24. The molecule has 0 radical (unpaired) electrons. The number of piperidine rings is 1. The zero-order valence-electron chi connectivity index (χ0n) is 11.1. The van der Waals surface area contributed by atoms with Crippen molar-refractivity contribution in [2.45, 2.75) is 46.6 Å². The molecule has 16 heavy (non-hydrogen) atoms. The van der Waals surface area contributed by atoms with Gasteiger partial charge >= 0.3 is 0 Å². The van der Waals surface area contributed by atoms with Gasteiger partial charge in [-0.3, -0.25) is 4.79 Å². The molecule has 0 bridgehead atoms. The summed E-state index contributed by atoms with van der Waals surface area (Å²) in [5, 5.41) is 3.16. The van der Waals surface area contributed by atoms with Crippen molar-refractivity contribution in [2.75, 3.05) is 19.6 Å². The lowest BCUT2D eigenvalue weighted by atomic mass is 9.95. The fourth-order valence-corrected chi connectivity index (χ4v) is 2.43. The number of amides is 1. The molecule has 2 unspecified atom stereocenters. The molecule has 1 amide bonds. The van der Waals surface area contributed by atoms with Crippen LogP contribution in [0.1, 0.15) is 40.5 Å². The Kier molecular flexibility index (Phi) is 5.26. The Balaban J connectivity index is 2.44. The molecule has 0 aromatic rings. The first-order valence-corrected chi connectivity index (χ1v) is 6.55. The van der Waals surface area contributed by atoms with Crippen molar-refractivity contribution in [3.8, 4) is 0 Å². The van der Waals surface area contributed by atoms with Crippen LogP contribution in [-0.4, -0.2) is 36.5 Å². The van der Waals surface area contributed by atoms with Crippen molar-refractivity contribution in [1.29, 1.82) is 0 Å². The van der Waals surface area contributed by atoms with E-state index in [0.717, 1.165) is 19.5 Å². The van der Waals surface area contributed by atoms with Gasteiger partial charge < -0.3 is 10.2 Å². The molecule has 1 saturated heterocycles. The highest BCUT2D eigenvalue weighted by Gasteiger charge is 2.25. The molecule has 0 saturated carbocycles. The molecule has 0 aromatic heterocycles. The second-order valence-electron chi connectivity index (χ2n) is 5.46. The fraction of sp³-hybridized carbons (Fsp3) is 0.923. The first kappa shape index (κ1) is 13.5. The summed E-state index contributed by atoms with van der Waals surface area (Å²) < 4.78 is 0. The molecule has 0 aromatic carbocycles. The van der Waals surface area contributed by atoms with Crippen LogP contribution in [0.2, 0.25) is 0 Å². The van der Waals surface area contributed by atoms with Gasteiger partial charge in [-0.2, -0.15) is 0 Å². The average Bonchev–Trinajstić information content (AvgIpc) is 2.16. The van der Waals surface area contributed by atoms with Gasteiger partial charge in [-0.05, 0) is 25.3 Å². The van der Waals surface area contributed by atoms with E-state index in [2.05, 4.69) is 24.1 Å². The van der Waals surface area contributed by atoms with Crippen molar-refractivity contribution in [3.05, 3.63) is 0 Å². The third-order valence-corrected chi connectivity index (χ3v) is 3.15. The predicted molar refractivity (Wildman–Crippen MR) is 67.3 cm³/mol. The van der Waals surface area contributed by atoms with E-state index in [0.29, 0.717) is 12.0 Å². The van der Waals surface area contributed by atoms with Gasteiger partial charge in [-0.25, -0.2) is 0 Å². The molecule has 2 atom stereocenters. The van der Waals surface area contributed by atoms with Gasteiger partial charge in [0, 0.05) is 25.0 Å². The Morgan fingerprint density at radius 3 is 2.69 bits per heavy atom. The molecule has 94 valence electrons. The molecule has 1 heterocycles. The third-order valence-electron chi connectivity index (χ3n) is 3.15. The van der Waals surface area contributed by atoms with Gasteiger partial charge in [0.2, 0.25) is 5.91 Å². The van der Waals surface area contributed by atoms with Crippen LogP contribution in [0.3, 0.4) is 0 Å². The topological polar surface area (TPSA) is 32.3 Å². The zero-order valence-corrected chi connectivity index (χ0v) is 11.1. The van der Waals surface area contributed by atoms with Crippen molar-refractivity contribution in [2.24, 2.45) is 11.8 Å². The van der Waals surface area contributed by atoms with Crippen LogP contribution in [0.4, 0.5) is 0 Å². The summed E-state index contributed by atoms with van der Waals surface area (Å²) in [6.07, 6.45) is 2.32. The zero-order chi connectivity index (χ0) is 12.1. The van der Waals surface area contributed by atoms with E-state index in [1.54, 1.807) is 0 Å². The average molecular weight is 226 g/mol. The Labute approximate surface area is 99.6 Å². The van der Waals surface area contributed by atoms with Gasteiger partial charge in [-0.1, -0.05) is 27.7 Å². The summed E-state index contributed by atoms with van der Waals surface area (Å²) in [6.45, 7) is 11.7. The van der Waals surface area contributed by atoms with Crippen LogP contribution in [0.15, 0.2) is 0 Å². The highest BCUT2D eigenvalue weighted by molar-refractivity contribution is 5.78. The number of carbonyl (C=O) groups excluding carboxylic acids is 1. The normalized spacial score (nSPS) is 27.1. The number of hydrogen-bond acceptors (Lipinski definition) is 2. The van der Waals surface area contributed by atoms with Crippen LogP contribution < -0.4 is 5.32 Å². The number of nitrogens with one attached hydrogen (secondary N) is 1. The Hall–Kier alpha value is -0.570. The van der Waals surface area contributed by atoms with E-state index < -0.39 is 0 Å². The van der Waals surface area contributed by atoms with E-state index in [1.807, 2.05) is 13.8 Å². The number of hydrogen-bond donors (Lipinski definition) is 1. The maximum Gasteiger partial charge on any atom is 0.222 e. The van der Waals surface area contributed by atoms with Gasteiger partial charge in [0.1, 0.15) is 0 Å². The molecular formula is C13H26N2O. The second-order valence-corrected chi connectivity index (χ2v) is 5.46. The lowest BCUT2D eigenvalue weighted by molar-refractivity contribution is -0.125. The molecule has 1 aliphatic heterocycles. The largest absolute Gasteiger partial charge is 0.352 e. The summed E-state index contributed by atoms with van der Waals surface area (Å²) >= 11 is 0. The van der Waals surface area contributed by atoms with Crippen LogP contribution in [0.5, 0.6) is 0 Å². The van der Waals surface area contributed by atoms with Gasteiger partial charge in [0.15, 0.2) is 0 Å². The lowest BCUT2D eigenvalue weighted by Gasteiger charge is -2.36. The Morgan fingerprint density at radius 2 is 2.12 bits per heavy atom. The number of carbonyl (C=O) groups is 1. The molecule has 0 spiro atoms. The summed E-state index contributed by atoms with van der Waals surface area (Å²) in [5.74, 6) is 0.977. The van der Waals surface area contributed by atoms with Crippen LogP contribution in [0.25, 0.3) is 0 Å². The number of likely N-dealkylation sites (tertiary alicyclic amines) is 1. The maximum atomic E-state index is 11.7. The standard InChI is InChI=1S/C13H26N2O/c1-5-6-15-8-11(4)7-12(9-15)14-13(16)10(2)3/h10-12H,5-9H2,1-4H3,(H,14,16). The highest BCUT2D eigenvalue weighted by atomic mass is 16.1. The summed E-state index contributed by atoms with van der Waals surface area (Å²) in [6, 6.07) is 0.352. The lowest BCUT2D eigenvalue weighted by Crippen LogP contribution is -2.51. The van der Waals surface area contributed by atoms with E-state index in [4.69, 9.17) is 0 Å². The van der Waals surface area contributed by atoms with Crippen LogP contribution in [-0.2, 0) is 4.79 Å². The minimum atomic E-state index is 0.0943. The Bertz CT molecular complexity index is 228. The minimum Gasteiger partial charge on any atom is -0.352 e. The molecule has 3 heteroatoms. The van der Waals surface area contributed by atoms with E-state index in [-0.39, 0.29) is 11.8 Å². The molecule has 3 nitrogen and oxygen atoms in total. The fourth-order valence-electron chi connectivity index (χ4n) is 2.43. The van der Waals surface area contributed by atoms with Crippen LogP contribution >= 0.6 is 0 Å². The third kappa shape index (κ3) is 4.12. The minimum absolute atomic E-state index is 0.0943. The predicted octanol–water partition coefficient (Wildman–Crippen LogP) is 1.88. The molecule has 1 rings (SSSR count). The SMILES string of the molecule is CCCN1CC(C)CC(NC(=O)C(C)C)C1. The Morgan fingerprint density at radius 1 is 1.44 bits per heavy atom. The molecule has 1 N–H and O–H groups in total. The maximum absolute atomic E-state index is 11.7. The summed E-state index contributed by atoms with van der Waals surface area (Å²) in [7, 11) is 0.